The number of hydrogen-bond donors (Lipinski definition) is 1. The van der Waals surface area contributed by atoms with Gasteiger partial charge in [-0.25, -0.2) is 0 Å². The number of rotatable bonds is 4. The van der Waals surface area contributed by atoms with Crippen molar-refractivity contribution in [3.05, 3.63) is 34.5 Å². The maximum absolute atomic E-state index is 6.36. The average Bonchev–Trinajstić information content (AvgIpc) is 2.58. The highest BCUT2D eigenvalue weighted by molar-refractivity contribution is 6.33. The Kier molecular flexibility index (Phi) is 5.16. The Bertz CT molecular complexity index is 689. The Morgan fingerprint density at radius 3 is 2.58 bits per heavy atom. The van der Waals surface area contributed by atoms with Gasteiger partial charge in [-0.3, -0.25) is 0 Å². The summed E-state index contributed by atoms with van der Waals surface area (Å²) in [5.74, 6) is 1.32. The molecule has 6 nitrogen and oxygen atoms in total. The maximum atomic E-state index is 6.36. The Hall–Kier alpha value is -1.92. The Morgan fingerprint density at radius 1 is 1.17 bits per heavy atom. The van der Waals surface area contributed by atoms with Gasteiger partial charge in [0, 0.05) is 26.2 Å². The Morgan fingerprint density at radius 2 is 1.92 bits per heavy atom. The average molecular weight is 347 g/mol. The molecule has 0 unspecified atom stereocenters. The zero-order chi connectivity index (χ0) is 17.1. The van der Waals surface area contributed by atoms with Crippen molar-refractivity contribution in [2.24, 2.45) is 0 Å². The zero-order valence-electron chi connectivity index (χ0n) is 14.4. The number of aromatic nitrogens is 3. The summed E-state index contributed by atoms with van der Waals surface area (Å²) in [5, 5.41) is 12.3. The summed E-state index contributed by atoms with van der Waals surface area (Å²) in [6.07, 6.45) is 1.63. The number of hydrogen-bond acceptors (Lipinski definition) is 6. The van der Waals surface area contributed by atoms with E-state index in [0.29, 0.717) is 16.8 Å². The molecule has 1 fully saturated rings. The van der Waals surface area contributed by atoms with Gasteiger partial charge in [0.2, 0.25) is 5.95 Å². The summed E-state index contributed by atoms with van der Waals surface area (Å²) in [7, 11) is 0. The molecule has 0 bridgehead atoms. The molecule has 3 rings (SSSR count). The highest BCUT2D eigenvalue weighted by atomic mass is 35.5. The van der Waals surface area contributed by atoms with E-state index in [1.165, 1.54) is 0 Å². The van der Waals surface area contributed by atoms with Gasteiger partial charge in [-0.2, -0.15) is 10.1 Å². The fraction of sp³-hybridized carbons (Fsp3) is 0.471. The van der Waals surface area contributed by atoms with Gasteiger partial charge in [-0.05, 0) is 37.6 Å². The topological polar surface area (TPSA) is 57.2 Å². The molecule has 1 aliphatic rings. The first-order chi connectivity index (χ1) is 11.6. The lowest BCUT2D eigenvalue weighted by Gasteiger charge is -2.33. The third-order valence-electron chi connectivity index (χ3n) is 4.33. The van der Waals surface area contributed by atoms with Gasteiger partial charge in [0.05, 0.1) is 16.9 Å². The predicted octanol–water partition coefficient (Wildman–Crippen LogP) is 3.03. The third-order valence-corrected chi connectivity index (χ3v) is 4.63. The molecule has 1 saturated heterocycles. The van der Waals surface area contributed by atoms with E-state index in [0.717, 1.165) is 49.5 Å². The van der Waals surface area contributed by atoms with E-state index in [1.807, 2.05) is 19.9 Å². The smallest absolute Gasteiger partial charge is 0.247 e. The molecule has 0 saturated carbocycles. The van der Waals surface area contributed by atoms with Crippen LogP contribution < -0.4 is 10.2 Å². The van der Waals surface area contributed by atoms with Crippen LogP contribution >= 0.6 is 11.6 Å². The van der Waals surface area contributed by atoms with E-state index in [2.05, 4.69) is 43.3 Å². The molecule has 7 heteroatoms. The molecule has 0 spiro atoms. The largest absolute Gasteiger partial charge is 0.337 e. The van der Waals surface area contributed by atoms with Crippen LogP contribution in [-0.2, 0) is 0 Å². The van der Waals surface area contributed by atoms with Crippen molar-refractivity contribution in [2.75, 3.05) is 42.9 Å². The summed E-state index contributed by atoms with van der Waals surface area (Å²) >= 11 is 6.36. The first-order valence-electron chi connectivity index (χ1n) is 8.27. The van der Waals surface area contributed by atoms with Crippen LogP contribution in [0.4, 0.5) is 17.5 Å². The van der Waals surface area contributed by atoms with Crippen LogP contribution in [0.15, 0.2) is 18.3 Å². The minimum Gasteiger partial charge on any atom is -0.337 e. The van der Waals surface area contributed by atoms with E-state index in [1.54, 1.807) is 6.20 Å². The lowest BCUT2D eigenvalue weighted by atomic mass is 10.1. The monoisotopic (exact) mass is 346 g/mol. The maximum Gasteiger partial charge on any atom is 0.247 e. The van der Waals surface area contributed by atoms with Gasteiger partial charge in [0.1, 0.15) is 0 Å². The molecule has 0 atom stereocenters. The van der Waals surface area contributed by atoms with Crippen molar-refractivity contribution in [1.29, 1.82) is 0 Å². The number of anilines is 3. The predicted molar refractivity (Wildman–Crippen MR) is 98.4 cm³/mol. The molecule has 2 aromatic rings. The Labute approximate surface area is 147 Å². The standard InChI is InChI=1S/C17H23ClN6/c1-4-23-5-7-24(8-6-23)17-21-15(11-19-22-17)20-16-13(3)9-12(2)10-14(16)18/h9-11H,4-8H2,1-3H3,(H,20,21,22). The fourth-order valence-electron chi connectivity index (χ4n) is 2.95. The second-order valence-corrected chi connectivity index (χ2v) is 6.53. The van der Waals surface area contributed by atoms with Crippen molar-refractivity contribution in [3.63, 3.8) is 0 Å². The lowest BCUT2D eigenvalue weighted by Crippen LogP contribution is -2.46. The summed E-state index contributed by atoms with van der Waals surface area (Å²) in [6, 6.07) is 4.03. The molecular formula is C17H23ClN6. The first-order valence-corrected chi connectivity index (χ1v) is 8.65. The zero-order valence-corrected chi connectivity index (χ0v) is 15.1. The van der Waals surface area contributed by atoms with Crippen LogP contribution in [0.2, 0.25) is 5.02 Å². The summed E-state index contributed by atoms with van der Waals surface area (Å²) in [6.45, 7) is 11.2. The minimum atomic E-state index is 0.659. The molecule has 1 aliphatic heterocycles. The van der Waals surface area contributed by atoms with Crippen molar-refractivity contribution in [1.82, 2.24) is 20.1 Å². The number of piperazine rings is 1. The van der Waals surface area contributed by atoms with Crippen molar-refractivity contribution in [3.8, 4) is 0 Å². The third kappa shape index (κ3) is 3.76. The first kappa shape index (κ1) is 16.9. The molecule has 1 N–H and O–H groups in total. The summed E-state index contributed by atoms with van der Waals surface area (Å²) in [4.78, 5) is 9.20. The second-order valence-electron chi connectivity index (χ2n) is 6.13. The number of likely N-dealkylation sites (N-methyl/N-ethyl adjacent to an activating group) is 1. The van der Waals surface area contributed by atoms with Crippen LogP contribution in [0.3, 0.4) is 0 Å². The van der Waals surface area contributed by atoms with Crippen molar-refractivity contribution in [2.45, 2.75) is 20.8 Å². The normalized spacial score (nSPS) is 15.6. The van der Waals surface area contributed by atoms with Gasteiger partial charge in [-0.1, -0.05) is 24.6 Å². The molecule has 0 aliphatic carbocycles. The number of aryl methyl sites for hydroxylation is 2. The van der Waals surface area contributed by atoms with E-state index >= 15 is 0 Å². The van der Waals surface area contributed by atoms with Crippen LogP contribution in [0.5, 0.6) is 0 Å². The molecule has 0 radical (unpaired) electrons. The molecule has 1 aromatic carbocycles. The van der Waals surface area contributed by atoms with E-state index < -0.39 is 0 Å². The summed E-state index contributed by atoms with van der Waals surface area (Å²) in [5.41, 5.74) is 3.08. The van der Waals surface area contributed by atoms with Gasteiger partial charge in [-0.15, -0.1) is 5.10 Å². The molecule has 24 heavy (non-hydrogen) atoms. The van der Waals surface area contributed by atoms with E-state index in [9.17, 15) is 0 Å². The second kappa shape index (κ2) is 7.32. The Balaban J connectivity index is 1.77. The molecule has 128 valence electrons. The molecular weight excluding hydrogens is 324 g/mol. The SMILES string of the molecule is CCN1CCN(c2nncc(Nc3c(C)cc(C)cc3Cl)n2)CC1. The van der Waals surface area contributed by atoms with Gasteiger partial charge >= 0.3 is 0 Å². The lowest BCUT2D eigenvalue weighted by molar-refractivity contribution is 0.269. The minimum absolute atomic E-state index is 0.659. The summed E-state index contributed by atoms with van der Waals surface area (Å²) < 4.78 is 0. The highest BCUT2D eigenvalue weighted by Crippen LogP contribution is 2.29. The number of nitrogens with one attached hydrogen (secondary N) is 1. The van der Waals surface area contributed by atoms with E-state index in [-0.39, 0.29) is 0 Å². The number of benzene rings is 1. The van der Waals surface area contributed by atoms with Crippen molar-refractivity contribution >= 4 is 29.1 Å². The van der Waals surface area contributed by atoms with E-state index in [4.69, 9.17) is 11.6 Å². The quantitative estimate of drug-likeness (QED) is 0.918. The van der Waals surface area contributed by atoms with Crippen LogP contribution in [0.25, 0.3) is 0 Å². The molecule has 0 amide bonds. The van der Waals surface area contributed by atoms with Gasteiger partial charge in [0.15, 0.2) is 5.82 Å². The van der Waals surface area contributed by atoms with Crippen LogP contribution in [-0.4, -0.2) is 52.8 Å². The van der Waals surface area contributed by atoms with Gasteiger partial charge in [0.25, 0.3) is 0 Å². The molecule has 1 aromatic heterocycles. The van der Waals surface area contributed by atoms with Crippen molar-refractivity contribution < 1.29 is 0 Å². The number of nitrogens with zero attached hydrogens (tertiary/aromatic N) is 5. The molecule has 2 heterocycles. The number of halogens is 1. The van der Waals surface area contributed by atoms with Crippen LogP contribution in [0.1, 0.15) is 18.1 Å². The van der Waals surface area contributed by atoms with Gasteiger partial charge < -0.3 is 15.1 Å². The van der Waals surface area contributed by atoms with Crippen LogP contribution in [0, 0.1) is 13.8 Å². The highest BCUT2D eigenvalue weighted by Gasteiger charge is 2.18. The fourth-order valence-corrected chi connectivity index (χ4v) is 3.32.